The average molecular weight is 1160 g/mol. The number of anilines is 2. The number of pyridine rings is 1. The van der Waals surface area contributed by atoms with E-state index in [1.165, 1.54) is 59.5 Å². The Morgan fingerprint density at radius 3 is 2.32 bits per heavy atom. The van der Waals surface area contributed by atoms with Crippen molar-refractivity contribution in [1.29, 1.82) is 0 Å². The lowest BCUT2D eigenvalue weighted by molar-refractivity contribution is -0.139. The lowest BCUT2D eigenvalue weighted by atomic mass is 9.80. The number of ketones is 2. The molecule has 2 amide bonds. The van der Waals surface area contributed by atoms with Crippen LogP contribution in [0.2, 0.25) is 0 Å². The molecule has 1 unspecified atom stereocenters. The maximum atomic E-state index is 14.8. The Morgan fingerprint density at radius 2 is 1.65 bits per heavy atom. The van der Waals surface area contributed by atoms with E-state index >= 15 is 0 Å². The molecule has 2 aromatic carbocycles. The topological polar surface area (TPSA) is 209 Å². The van der Waals surface area contributed by atoms with Crippen molar-refractivity contribution in [2.75, 3.05) is 56.6 Å². The van der Waals surface area contributed by atoms with Crippen LogP contribution in [0.25, 0.3) is 10.9 Å². The highest BCUT2D eigenvalue weighted by Crippen LogP contribution is 2.41. The van der Waals surface area contributed by atoms with Gasteiger partial charge in [0.05, 0.1) is 39.8 Å². The van der Waals surface area contributed by atoms with Gasteiger partial charge in [-0.2, -0.15) is 0 Å². The number of aromatic nitrogens is 4. The number of nitrogens with zero attached hydrogens (tertiary/aromatic N) is 8. The van der Waals surface area contributed by atoms with Crippen LogP contribution in [-0.4, -0.2) is 130 Å². The highest BCUT2D eigenvalue weighted by molar-refractivity contribution is 7.98. The third-order valence-electron chi connectivity index (χ3n) is 16.7. The Balaban J connectivity index is 0.791. The van der Waals surface area contributed by atoms with Crippen molar-refractivity contribution in [2.45, 2.75) is 140 Å². The summed E-state index contributed by atoms with van der Waals surface area (Å²) in [4.78, 5) is 84.7. The lowest BCUT2D eigenvalue weighted by Crippen LogP contribution is -2.45. The number of aliphatic imine (C=N–C) groups is 1. The number of Topliss-reactive ketones (excluding diaryl/α,β-unsaturated/α-hetero) is 1. The number of thiazole rings is 1. The molecule has 0 saturated carbocycles. The fourth-order valence-corrected chi connectivity index (χ4v) is 14.4. The number of amidine groups is 1. The first-order valence-electron chi connectivity index (χ1n) is 28.4. The zero-order valence-corrected chi connectivity index (χ0v) is 50.1. The molecule has 81 heavy (non-hydrogen) atoms. The number of halogens is 1. The zero-order valence-electron chi connectivity index (χ0n) is 47.7. The number of piperidine rings is 2. The van der Waals surface area contributed by atoms with E-state index in [0.29, 0.717) is 90.7 Å². The van der Waals surface area contributed by atoms with Crippen LogP contribution in [0.15, 0.2) is 87.5 Å². The fourth-order valence-electron chi connectivity index (χ4n) is 11.5. The maximum Gasteiger partial charge on any atom is 0.255 e. The second-order valence-electron chi connectivity index (χ2n) is 22.8. The number of benzene rings is 2. The van der Waals surface area contributed by atoms with Gasteiger partial charge in [-0.05, 0) is 172 Å². The van der Waals surface area contributed by atoms with Crippen LogP contribution < -0.4 is 19.7 Å². The highest BCUT2D eigenvalue weighted by Gasteiger charge is 2.41. The monoisotopic (exact) mass is 1160 g/mol. The number of fused-ring (bicyclic) bond motifs is 1. The number of sulfone groups is 1. The van der Waals surface area contributed by atoms with Gasteiger partial charge in [-0.25, -0.2) is 32.7 Å². The van der Waals surface area contributed by atoms with Crippen LogP contribution >= 0.6 is 23.3 Å². The average Bonchev–Trinajstić information content (AvgIpc) is 4.31. The summed E-state index contributed by atoms with van der Waals surface area (Å²) in [7, 11) is -2.06. The molecule has 3 fully saturated rings. The Bertz CT molecular complexity index is 3290. The number of hydrogen-bond acceptors (Lipinski definition) is 17. The standard InChI is InChI=1S/C60H75FN10O7S3/c1-9-46-36(2)37(3)55(66-46)68-56-45-31-52(81(76,77)60(5,6)7)51(32-47(45)64-35-65-56)78-30-24-39-20-26-69(27-21-39)53-19-14-42(33-63-53)58(74)70-28-22-40(23-29-70)44(17-18-50(72)38(4)80-62-8)59(75)71-25-10-11-49(71)57-67-48(34-79-57)54(73)41-12-15-43(61)16-13-41/h12-16,19,31-35,38-40,44,46,49,62H,9-11,17-18,20-30H2,1-8H3,(H,64,65,66,68)/t38-,44-,46?,49-/m0/s1. The van der Waals surface area contributed by atoms with Gasteiger partial charge in [0.1, 0.15) is 56.7 Å². The minimum atomic E-state index is -3.84. The number of likely N-dealkylation sites (tertiary alicyclic amines) is 2. The van der Waals surface area contributed by atoms with E-state index < -0.39 is 26.3 Å². The summed E-state index contributed by atoms with van der Waals surface area (Å²) in [5.74, 6) is 1.33. The minimum Gasteiger partial charge on any atom is -0.492 e. The van der Waals surface area contributed by atoms with E-state index in [0.717, 1.165) is 62.4 Å². The molecule has 0 aliphatic carbocycles. The minimum absolute atomic E-state index is 0.0196. The highest BCUT2D eigenvalue weighted by atomic mass is 32.2. The quantitative estimate of drug-likeness (QED) is 0.0549. The van der Waals surface area contributed by atoms with Crippen molar-refractivity contribution < 1.29 is 36.7 Å². The predicted molar refractivity (Wildman–Crippen MR) is 317 cm³/mol. The molecule has 4 atom stereocenters. The molecule has 432 valence electrons. The van der Waals surface area contributed by atoms with Crippen LogP contribution in [0.3, 0.4) is 0 Å². The summed E-state index contributed by atoms with van der Waals surface area (Å²) in [6.45, 7) is 16.5. The number of rotatable bonds is 20. The van der Waals surface area contributed by atoms with Crippen molar-refractivity contribution in [1.82, 2.24) is 34.5 Å². The summed E-state index contributed by atoms with van der Waals surface area (Å²) in [6.07, 6.45) is 9.85. The second-order valence-corrected chi connectivity index (χ2v) is 27.7. The van der Waals surface area contributed by atoms with Crippen molar-refractivity contribution in [3.05, 3.63) is 105 Å². The predicted octanol–water partition coefficient (Wildman–Crippen LogP) is 10.5. The van der Waals surface area contributed by atoms with Gasteiger partial charge in [-0.15, -0.1) is 11.3 Å². The van der Waals surface area contributed by atoms with Crippen LogP contribution in [0.4, 0.5) is 16.0 Å². The molecule has 3 aromatic heterocycles. The van der Waals surface area contributed by atoms with E-state index in [9.17, 15) is 32.0 Å². The largest absolute Gasteiger partial charge is 0.492 e. The molecule has 0 radical (unpaired) electrons. The SMILES string of the molecule is CCC1N=C(Nc2ncnc3cc(OCCC4CCN(c5ccc(C(=O)N6CCC([C@H](CCC(=O)[C@H](C)SNC)C(=O)N7CCC[C@H]7c7nc(C(=O)c8ccc(F)cc8)cs7)CC6)cn5)CC4)c(S(=O)(=O)C(C)(C)C)cc23)C(C)=C1C. The van der Waals surface area contributed by atoms with Crippen molar-refractivity contribution in [3.63, 3.8) is 0 Å². The summed E-state index contributed by atoms with van der Waals surface area (Å²) < 4.78 is 50.1. The lowest BCUT2D eigenvalue weighted by Gasteiger charge is -2.38. The van der Waals surface area contributed by atoms with E-state index in [1.807, 2.05) is 35.8 Å². The van der Waals surface area contributed by atoms with E-state index in [1.54, 1.807) is 51.5 Å². The Hall–Kier alpha value is -6.16. The van der Waals surface area contributed by atoms with Crippen molar-refractivity contribution >= 4 is 84.9 Å². The van der Waals surface area contributed by atoms with Gasteiger partial charge in [0.15, 0.2) is 9.84 Å². The van der Waals surface area contributed by atoms with Crippen molar-refractivity contribution in [2.24, 2.45) is 22.7 Å². The Labute approximate surface area is 483 Å². The number of amides is 2. The van der Waals surface area contributed by atoms with Gasteiger partial charge in [0.2, 0.25) is 11.7 Å². The number of hydrogen-bond donors (Lipinski definition) is 2. The number of nitrogens with one attached hydrogen (secondary N) is 2. The molecule has 17 nitrogen and oxygen atoms in total. The van der Waals surface area contributed by atoms with E-state index in [2.05, 4.69) is 38.8 Å². The molecule has 2 N–H and O–H groups in total. The first-order chi connectivity index (χ1) is 38.8. The maximum absolute atomic E-state index is 14.8. The molecule has 3 saturated heterocycles. The summed E-state index contributed by atoms with van der Waals surface area (Å²) in [5, 5.41) is 6.04. The first-order valence-corrected chi connectivity index (χ1v) is 31.6. The molecule has 4 aliphatic heterocycles. The van der Waals surface area contributed by atoms with Gasteiger partial charge in [-0.3, -0.25) is 28.9 Å². The summed E-state index contributed by atoms with van der Waals surface area (Å²) in [6, 6.07) is 12.3. The van der Waals surface area contributed by atoms with Crippen LogP contribution in [-0.2, 0) is 19.4 Å². The van der Waals surface area contributed by atoms with E-state index in [-0.39, 0.29) is 69.4 Å². The van der Waals surface area contributed by atoms with Gasteiger partial charge in [0, 0.05) is 73.7 Å². The molecule has 4 aliphatic rings. The number of carbonyl (C=O) groups excluding carboxylic acids is 4. The second kappa shape index (κ2) is 25.5. The molecule has 0 spiro atoms. The number of ether oxygens (including phenoxy) is 1. The number of carbonyl (C=O) groups is 4. The molecule has 7 heterocycles. The molecule has 9 rings (SSSR count). The van der Waals surface area contributed by atoms with Gasteiger partial charge < -0.3 is 24.8 Å². The summed E-state index contributed by atoms with van der Waals surface area (Å²) in [5.41, 5.74) is 3.90. The Kier molecular flexibility index (Phi) is 18.8. The van der Waals surface area contributed by atoms with E-state index in [4.69, 9.17) is 19.7 Å². The fraction of sp³-hybridized carbons (Fsp3) is 0.517. The van der Waals surface area contributed by atoms with Crippen LogP contribution in [0.5, 0.6) is 5.75 Å². The third kappa shape index (κ3) is 13.2. The molecule has 0 bridgehead atoms. The molecule has 5 aromatic rings. The van der Waals surface area contributed by atoms with Gasteiger partial charge >= 0.3 is 0 Å². The molecular weight excluding hydrogens is 1090 g/mol. The zero-order chi connectivity index (χ0) is 57.8. The van der Waals surface area contributed by atoms with Gasteiger partial charge in [-0.1, -0.05) is 18.9 Å². The van der Waals surface area contributed by atoms with Crippen molar-refractivity contribution in [3.8, 4) is 5.75 Å². The smallest absolute Gasteiger partial charge is 0.255 e. The third-order valence-corrected chi connectivity index (χ3v) is 21.0. The normalized spacial score (nSPS) is 19.3. The Morgan fingerprint density at radius 1 is 0.926 bits per heavy atom. The first kappa shape index (κ1) is 59.5. The van der Waals surface area contributed by atoms with Crippen LogP contribution in [0.1, 0.15) is 150 Å². The molecular formula is C60H75FN10O7S3. The van der Waals surface area contributed by atoms with Gasteiger partial charge in [0.25, 0.3) is 5.91 Å². The summed E-state index contributed by atoms with van der Waals surface area (Å²) >= 11 is 2.70. The molecule has 21 heteroatoms. The van der Waals surface area contributed by atoms with Crippen LogP contribution in [0, 0.1) is 23.6 Å².